The molecule has 1 aliphatic rings. The maximum atomic E-state index is 3.99. The van der Waals surface area contributed by atoms with Crippen LogP contribution in [0.1, 0.15) is 6.17 Å². The van der Waals surface area contributed by atoms with Crippen molar-refractivity contribution in [2.45, 2.75) is 6.17 Å². The second-order valence-corrected chi connectivity index (χ2v) is 15.3. The highest BCUT2D eigenvalue weighted by atomic mass is 15.3. The van der Waals surface area contributed by atoms with Gasteiger partial charge in [-0.25, -0.2) is 0 Å². The van der Waals surface area contributed by atoms with E-state index in [4.69, 9.17) is 0 Å². The van der Waals surface area contributed by atoms with Crippen LogP contribution in [0.4, 0.5) is 0 Å². The summed E-state index contributed by atoms with van der Waals surface area (Å²) in [7, 11) is 0. The number of hydrogen-bond donors (Lipinski definition) is 1. The van der Waals surface area contributed by atoms with Gasteiger partial charge in [0.1, 0.15) is 12.0 Å². The minimum atomic E-state index is -0.126. The number of para-hydroxylation sites is 4. The molecule has 3 aromatic heterocycles. The lowest BCUT2D eigenvalue weighted by atomic mass is 9.37. The molecule has 0 bridgehead atoms. The molecular weight excluding hydrogens is 703 g/mol. The van der Waals surface area contributed by atoms with Gasteiger partial charge in [-0.2, -0.15) is 0 Å². The fraction of sp³-hybridized carbons (Fsp3) is 0.0189. The van der Waals surface area contributed by atoms with Crippen LogP contribution in [0.25, 0.3) is 76.9 Å². The van der Waals surface area contributed by atoms with Gasteiger partial charge in [0.2, 0.25) is 6.71 Å². The first kappa shape index (κ1) is 32.7. The highest BCUT2D eigenvalue weighted by Gasteiger charge is 2.26. The van der Waals surface area contributed by atoms with E-state index in [1.165, 1.54) is 81.8 Å². The summed E-state index contributed by atoms with van der Waals surface area (Å²) in [6.45, 7) is 0.0957. The summed E-state index contributed by atoms with van der Waals surface area (Å²) >= 11 is 0. The van der Waals surface area contributed by atoms with E-state index in [0.29, 0.717) is 0 Å². The Morgan fingerprint density at radius 2 is 0.948 bits per heavy atom. The molecule has 0 amide bonds. The summed E-state index contributed by atoms with van der Waals surface area (Å²) in [5.74, 6) is 1.05. The van der Waals surface area contributed by atoms with E-state index in [1.807, 2.05) is 0 Å². The van der Waals surface area contributed by atoms with Crippen LogP contribution in [0.2, 0.25) is 0 Å². The van der Waals surface area contributed by atoms with E-state index >= 15 is 0 Å². The molecule has 4 heterocycles. The van der Waals surface area contributed by atoms with Gasteiger partial charge in [0, 0.05) is 38.0 Å². The van der Waals surface area contributed by atoms with E-state index in [1.54, 1.807) is 0 Å². The lowest BCUT2D eigenvalue weighted by Gasteiger charge is -2.26. The van der Waals surface area contributed by atoms with Crippen LogP contribution < -0.4 is 21.7 Å². The van der Waals surface area contributed by atoms with Crippen LogP contribution in [-0.2, 0) is 0 Å². The summed E-state index contributed by atoms with van der Waals surface area (Å²) in [6.07, 6.45) is 6.56. The number of nitrogens with zero attached hydrogens (tertiary/aromatic N) is 3. The third kappa shape index (κ3) is 4.90. The molecule has 0 fully saturated rings. The Morgan fingerprint density at radius 1 is 0.414 bits per heavy atom. The highest BCUT2D eigenvalue weighted by molar-refractivity contribution is 6.95. The van der Waals surface area contributed by atoms with Crippen molar-refractivity contribution in [3.8, 4) is 5.69 Å². The largest absolute Gasteiger partial charge is 0.347 e. The third-order valence-corrected chi connectivity index (χ3v) is 12.2. The monoisotopic (exact) mass is 740 g/mol. The molecule has 0 spiro atoms. The number of hydrogen-bond acceptors (Lipinski definition) is 1. The van der Waals surface area contributed by atoms with E-state index in [9.17, 15) is 0 Å². The number of benzene rings is 8. The SMILES string of the molecule is C1=CC(n2c3ccccc3c3c4c(ccc32)c2ccccc2n4-c2cccc(B(c3ccccc3)c3ccccc3)c2)NC(n2c3ccccc3c3ccccc32)=C1. The van der Waals surface area contributed by atoms with E-state index in [2.05, 4.69) is 231 Å². The standard InChI is InChI=1S/C53H37BN4/c1-3-17-36(18-4-1)54(37-19-5-2-6-20-37)38-21-15-22-39(35-38)56-45-27-11-9-25-42(45)43-33-34-49-52(53(43)56)44-26-10-14-30-48(44)58(49)51-32-16-31-50(55-51)57-46-28-12-7-23-40(46)41-24-8-13-29-47(41)57/h1-35,51,55H. The van der Waals surface area contributed by atoms with Gasteiger partial charge < -0.3 is 14.5 Å². The van der Waals surface area contributed by atoms with Crippen LogP contribution >= 0.6 is 0 Å². The molecule has 0 saturated heterocycles. The molecule has 8 aromatic carbocycles. The molecule has 4 nitrogen and oxygen atoms in total. The van der Waals surface area contributed by atoms with Gasteiger partial charge in [-0.05, 0) is 54.6 Å². The number of rotatable bonds is 6. The van der Waals surface area contributed by atoms with Crippen molar-refractivity contribution in [2.24, 2.45) is 0 Å². The number of dihydropyridines is 1. The van der Waals surface area contributed by atoms with Crippen molar-refractivity contribution in [3.05, 3.63) is 212 Å². The molecule has 0 radical (unpaired) electrons. The van der Waals surface area contributed by atoms with E-state index < -0.39 is 0 Å². The molecule has 1 aliphatic heterocycles. The quantitative estimate of drug-likeness (QED) is 0.169. The van der Waals surface area contributed by atoms with Crippen molar-refractivity contribution in [2.75, 3.05) is 0 Å². The van der Waals surface area contributed by atoms with Crippen LogP contribution in [0.3, 0.4) is 0 Å². The van der Waals surface area contributed by atoms with Crippen LogP contribution in [0.15, 0.2) is 212 Å². The van der Waals surface area contributed by atoms with Crippen molar-refractivity contribution in [1.82, 2.24) is 19.0 Å². The Morgan fingerprint density at radius 3 is 1.60 bits per heavy atom. The van der Waals surface area contributed by atoms with Gasteiger partial charge in [-0.3, -0.25) is 4.57 Å². The molecule has 1 atom stereocenters. The zero-order valence-electron chi connectivity index (χ0n) is 31.7. The molecule has 0 saturated carbocycles. The van der Waals surface area contributed by atoms with Crippen molar-refractivity contribution >= 4 is 94.3 Å². The predicted molar refractivity (Wildman–Crippen MR) is 246 cm³/mol. The number of allylic oxidation sites excluding steroid dienone is 2. The Bertz CT molecular complexity index is 3350. The Kier molecular flexibility index (Phi) is 7.36. The summed E-state index contributed by atoms with van der Waals surface area (Å²) in [5, 5.41) is 11.5. The van der Waals surface area contributed by atoms with Gasteiger partial charge in [0.05, 0.1) is 33.1 Å². The first-order chi connectivity index (χ1) is 28.8. The average Bonchev–Trinajstić information content (AvgIpc) is 3.93. The zero-order chi connectivity index (χ0) is 38.2. The minimum absolute atomic E-state index is 0.0957. The smallest absolute Gasteiger partial charge is 0.241 e. The maximum Gasteiger partial charge on any atom is 0.241 e. The highest BCUT2D eigenvalue weighted by Crippen LogP contribution is 2.42. The van der Waals surface area contributed by atoms with Gasteiger partial charge >= 0.3 is 0 Å². The Labute approximate surface area is 336 Å². The predicted octanol–water partition coefficient (Wildman–Crippen LogP) is 10.7. The van der Waals surface area contributed by atoms with Crippen molar-refractivity contribution in [3.63, 3.8) is 0 Å². The molecule has 58 heavy (non-hydrogen) atoms. The fourth-order valence-electron chi connectivity index (χ4n) is 9.79. The molecular formula is C53H37BN4. The van der Waals surface area contributed by atoms with Gasteiger partial charge in [-0.15, -0.1) is 0 Å². The summed E-state index contributed by atoms with van der Waals surface area (Å²) in [4.78, 5) is 0. The summed E-state index contributed by atoms with van der Waals surface area (Å²) < 4.78 is 7.37. The van der Waals surface area contributed by atoms with E-state index in [0.717, 1.165) is 11.5 Å². The molecule has 1 unspecified atom stereocenters. The van der Waals surface area contributed by atoms with Gasteiger partial charge in [0.15, 0.2) is 0 Å². The second kappa shape index (κ2) is 13.0. The summed E-state index contributed by atoms with van der Waals surface area (Å²) in [5.41, 5.74) is 12.1. The zero-order valence-corrected chi connectivity index (χ0v) is 31.7. The Hall–Kier alpha value is -7.50. The van der Waals surface area contributed by atoms with Crippen LogP contribution in [0, 0.1) is 0 Å². The maximum absolute atomic E-state index is 3.99. The second-order valence-electron chi connectivity index (χ2n) is 15.3. The van der Waals surface area contributed by atoms with Gasteiger partial charge in [-0.1, -0.05) is 174 Å². The first-order valence-electron chi connectivity index (χ1n) is 20.1. The van der Waals surface area contributed by atoms with Crippen LogP contribution in [-0.4, -0.2) is 20.4 Å². The molecule has 0 aliphatic carbocycles. The lowest BCUT2D eigenvalue weighted by molar-refractivity contribution is 0.577. The minimum Gasteiger partial charge on any atom is -0.347 e. The lowest BCUT2D eigenvalue weighted by Crippen LogP contribution is -2.51. The van der Waals surface area contributed by atoms with Crippen molar-refractivity contribution < 1.29 is 0 Å². The van der Waals surface area contributed by atoms with Crippen LogP contribution in [0.5, 0.6) is 0 Å². The first-order valence-corrected chi connectivity index (χ1v) is 20.1. The number of aromatic nitrogens is 3. The fourth-order valence-corrected chi connectivity index (χ4v) is 9.79. The molecule has 1 N–H and O–H groups in total. The molecule has 12 rings (SSSR count). The molecule has 5 heteroatoms. The van der Waals surface area contributed by atoms with Gasteiger partial charge in [0.25, 0.3) is 0 Å². The molecule has 272 valence electrons. The topological polar surface area (TPSA) is 26.8 Å². The molecule has 11 aromatic rings. The van der Waals surface area contributed by atoms with Crippen molar-refractivity contribution in [1.29, 1.82) is 0 Å². The van der Waals surface area contributed by atoms with E-state index in [-0.39, 0.29) is 12.9 Å². The average molecular weight is 741 g/mol. The number of fused-ring (bicyclic) bond motifs is 10. The summed E-state index contributed by atoms with van der Waals surface area (Å²) in [6, 6.07) is 70.8. The number of nitrogens with one attached hydrogen (secondary N) is 1. The normalized spacial score (nSPS) is 14.2. The third-order valence-electron chi connectivity index (χ3n) is 12.2. The Balaban J connectivity index is 1.07.